The van der Waals surface area contributed by atoms with Crippen molar-refractivity contribution >= 4 is 22.5 Å². The number of aromatic nitrogens is 4. The van der Waals surface area contributed by atoms with Crippen LogP contribution in [0, 0.1) is 6.92 Å². The number of nitrogens with one attached hydrogen (secondary N) is 2. The molecule has 4 rings (SSSR count). The van der Waals surface area contributed by atoms with Crippen molar-refractivity contribution in [3.63, 3.8) is 0 Å². The van der Waals surface area contributed by atoms with E-state index in [4.69, 9.17) is 0 Å². The van der Waals surface area contributed by atoms with Crippen molar-refractivity contribution in [2.45, 2.75) is 6.92 Å². The molecule has 1 amide bonds. The van der Waals surface area contributed by atoms with Gasteiger partial charge in [0.15, 0.2) is 5.69 Å². The number of carbonyl (C=O) groups is 1. The van der Waals surface area contributed by atoms with Crippen LogP contribution in [0.5, 0.6) is 0 Å². The van der Waals surface area contributed by atoms with Gasteiger partial charge in [0.2, 0.25) is 5.43 Å². The molecule has 0 fully saturated rings. The third kappa shape index (κ3) is 2.86. The number of aromatic amines is 1. The van der Waals surface area contributed by atoms with Crippen LogP contribution in [-0.2, 0) is 0 Å². The summed E-state index contributed by atoms with van der Waals surface area (Å²) in [5, 5.41) is 14.6. The fraction of sp³-hybridized carbons (Fsp3) is 0.0526. The maximum absolute atomic E-state index is 12.6. The average molecular weight is 345 g/mol. The molecule has 0 atom stereocenters. The summed E-state index contributed by atoms with van der Waals surface area (Å²) in [7, 11) is 0. The van der Waals surface area contributed by atoms with Crippen LogP contribution in [0.2, 0.25) is 0 Å². The van der Waals surface area contributed by atoms with E-state index in [1.54, 1.807) is 29.9 Å². The van der Waals surface area contributed by atoms with Gasteiger partial charge < -0.3 is 5.32 Å². The summed E-state index contributed by atoms with van der Waals surface area (Å²) in [6.45, 7) is 1.77. The highest BCUT2D eigenvalue weighted by atomic mass is 16.2. The van der Waals surface area contributed by atoms with E-state index in [-0.39, 0.29) is 5.69 Å². The van der Waals surface area contributed by atoms with Gasteiger partial charge in [-0.1, -0.05) is 18.2 Å². The monoisotopic (exact) mass is 345 g/mol. The van der Waals surface area contributed by atoms with Gasteiger partial charge in [0, 0.05) is 22.8 Å². The van der Waals surface area contributed by atoms with E-state index in [1.165, 1.54) is 6.07 Å². The highest BCUT2D eigenvalue weighted by Gasteiger charge is 2.15. The number of hydrogen-bond donors (Lipinski definition) is 2. The van der Waals surface area contributed by atoms with Gasteiger partial charge in [-0.05, 0) is 37.3 Å². The Labute approximate surface area is 148 Å². The van der Waals surface area contributed by atoms with Crippen LogP contribution >= 0.6 is 0 Å². The number of benzene rings is 2. The van der Waals surface area contributed by atoms with Crippen LogP contribution < -0.4 is 10.7 Å². The van der Waals surface area contributed by atoms with Crippen molar-refractivity contribution in [1.82, 2.24) is 20.0 Å². The second-order valence-electron chi connectivity index (χ2n) is 5.87. The predicted octanol–water partition coefficient (Wildman–Crippen LogP) is 2.67. The number of rotatable bonds is 3. The molecule has 2 heterocycles. The van der Waals surface area contributed by atoms with Crippen molar-refractivity contribution in [2.75, 3.05) is 5.32 Å². The Kier molecular flexibility index (Phi) is 3.81. The number of para-hydroxylation sites is 1. The quantitative estimate of drug-likeness (QED) is 0.597. The number of carbonyl (C=O) groups excluding carboxylic acids is 1. The minimum Gasteiger partial charge on any atom is -0.320 e. The summed E-state index contributed by atoms with van der Waals surface area (Å²) in [4.78, 5) is 24.9. The normalized spacial score (nSPS) is 10.8. The van der Waals surface area contributed by atoms with Gasteiger partial charge in [-0.3, -0.25) is 14.7 Å². The molecule has 2 N–H and O–H groups in total. The zero-order valence-corrected chi connectivity index (χ0v) is 13.9. The Morgan fingerprint density at radius 2 is 1.92 bits per heavy atom. The highest BCUT2D eigenvalue weighted by molar-refractivity contribution is 6.03. The number of anilines is 1. The van der Waals surface area contributed by atoms with Gasteiger partial charge in [0.05, 0.1) is 17.4 Å². The lowest BCUT2D eigenvalue weighted by Crippen LogP contribution is -2.26. The minimum absolute atomic E-state index is 0.160. The van der Waals surface area contributed by atoms with E-state index in [2.05, 4.69) is 20.6 Å². The largest absolute Gasteiger partial charge is 0.320 e. The fourth-order valence-corrected chi connectivity index (χ4v) is 2.75. The summed E-state index contributed by atoms with van der Waals surface area (Å²) in [5.74, 6) is -0.553. The van der Waals surface area contributed by atoms with Crippen LogP contribution in [0.3, 0.4) is 0 Å². The molecule has 7 heteroatoms. The number of nitrogens with zero attached hydrogens (tertiary/aromatic N) is 3. The minimum atomic E-state index is -0.553. The van der Waals surface area contributed by atoms with Gasteiger partial charge in [-0.15, -0.1) is 0 Å². The Morgan fingerprint density at radius 3 is 2.73 bits per heavy atom. The number of H-pyrrole nitrogens is 1. The van der Waals surface area contributed by atoms with Gasteiger partial charge >= 0.3 is 0 Å². The first-order valence-electron chi connectivity index (χ1n) is 8.03. The van der Waals surface area contributed by atoms with Crippen LogP contribution in [0.15, 0.2) is 65.6 Å². The van der Waals surface area contributed by atoms with E-state index in [1.807, 2.05) is 36.4 Å². The standard InChI is InChI=1S/C19H15N5O2/c1-12-9-17(25)18(23-24(12)15-5-3-2-4-6-15)19(26)21-14-7-8-16-13(10-14)11-20-22-16/h2-11H,1H3,(H,20,22)(H,21,26). The van der Waals surface area contributed by atoms with E-state index in [0.717, 1.165) is 16.6 Å². The van der Waals surface area contributed by atoms with Crippen LogP contribution in [0.25, 0.3) is 16.6 Å². The van der Waals surface area contributed by atoms with Crippen LogP contribution in [-0.4, -0.2) is 25.9 Å². The van der Waals surface area contributed by atoms with Crippen molar-refractivity contribution in [3.8, 4) is 5.69 Å². The fourth-order valence-electron chi connectivity index (χ4n) is 2.75. The summed E-state index contributed by atoms with van der Waals surface area (Å²) < 4.78 is 1.58. The van der Waals surface area contributed by atoms with E-state index >= 15 is 0 Å². The first-order valence-corrected chi connectivity index (χ1v) is 8.03. The third-order valence-electron chi connectivity index (χ3n) is 4.02. The zero-order chi connectivity index (χ0) is 18.1. The zero-order valence-electron chi connectivity index (χ0n) is 13.9. The van der Waals surface area contributed by atoms with Gasteiger partial charge in [-0.2, -0.15) is 10.2 Å². The average Bonchev–Trinajstić information content (AvgIpc) is 3.10. The number of amides is 1. The molecule has 0 aliphatic heterocycles. The van der Waals surface area contributed by atoms with E-state index in [9.17, 15) is 9.59 Å². The predicted molar refractivity (Wildman–Crippen MR) is 98.6 cm³/mol. The summed E-state index contributed by atoms with van der Waals surface area (Å²) in [5.41, 5.74) is 2.28. The summed E-state index contributed by atoms with van der Waals surface area (Å²) in [6, 6.07) is 16.1. The number of fused-ring (bicyclic) bond motifs is 1. The molecule has 2 aromatic heterocycles. The molecule has 26 heavy (non-hydrogen) atoms. The Bertz CT molecular complexity index is 1160. The number of aryl methyl sites for hydroxylation is 1. The molecular formula is C19H15N5O2. The molecule has 0 radical (unpaired) electrons. The van der Waals surface area contributed by atoms with E-state index in [0.29, 0.717) is 11.4 Å². The maximum Gasteiger partial charge on any atom is 0.280 e. The van der Waals surface area contributed by atoms with Crippen molar-refractivity contribution in [1.29, 1.82) is 0 Å². The first-order chi connectivity index (χ1) is 12.6. The molecule has 0 spiro atoms. The number of hydrogen-bond acceptors (Lipinski definition) is 4. The van der Waals surface area contributed by atoms with Crippen LogP contribution in [0.1, 0.15) is 16.2 Å². The molecule has 4 aromatic rings. The second-order valence-corrected chi connectivity index (χ2v) is 5.87. The lowest BCUT2D eigenvalue weighted by molar-refractivity contribution is 0.101. The molecule has 0 bridgehead atoms. The van der Waals surface area contributed by atoms with Crippen molar-refractivity contribution < 1.29 is 4.79 Å². The van der Waals surface area contributed by atoms with Gasteiger partial charge in [0.1, 0.15) is 0 Å². The molecule has 0 unspecified atom stereocenters. The molecule has 0 saturated heterocycles. The maximum atomic E-state index is 12.6. The molecular weight excluding hydrogens is 330 g/mol. The molecule has 0 aliphatic rings. The molecule has 0 saturated carbocycles. The summed E-state index contributed by atoms with van der Waals surface area (Å²) in [6.07, 6.45) is 1.66. The molecule has 7 nitrogen and oxygen atoms in total. The van der Waals surface area contributed by atoms with E-state index < -0.39 is 11.3 Å². The first kappa shape index (κ1) is 15.8. The third-order valence-corrected chi connectivity index (χ3v) is 4.02. The SMILES string of the molecule is Cc1cc(=O)c(C(=O)Nc2ccc3[nH]ncc3c2)nn1-c1ccccc1. The molecule has 2 aromatic carbocycles. The lowest BCUT2D eigenvalue weighted by Gasteiger charge is -2.11. The topological polar surface area (TPSA) is 92.7 Å². The smallest absolute Gasteiger partial charge is 0.280 e. The van der Waals surface area contributed by atoms with Gasteiger partial charge in [-0.25, -0.2) is 4.68 Å². The van der Waals surface area contributed by atoms with Crippen LogP contribution in [0.4, 0.5) is 5.69 Å². The lowest BCUT2D eigenvalue weighted by atomic mass is 10.2. The van der Waals surface area contributed by atoms with Crippen molar-refractivity contribution in [2.24, 2.45) is 0 Å². The van der Waals surface area contributed by atoms with Crippen molar-refractivity contribution in [3.05, 3.63) is 82.4 Å². The Morgan fingerprint density at radius 1 is 1.12 bits per heavy atom. The molecule has 0 aliphatic carbocycles. The Hall–Kier alpha value is -3.74. The molecule has 128 valence electrons. The summed E-state index contributed by atoms with van der Waals surface area (Å²) >= 11 is 0. The Balaban J connectivity index is 1.70. The van der Waals surface area contributed by atoms with Gasteiger partial charge in [0.25, 0.3) is 5.91 Å². The highest BCUT2D eigenvalue weighted by Crippen LogP contribution is 2.17. The second kappa shape index (κ2) is 6.29.